The maximum Gasteiger partial charge on any atom is 0.256 e. The van der Waals surface area contributed by atoms with E-state index in [-0.39, 0.29) is 5.91 Å². The second kappa shape index (κ2) is 8.58. The van der Waals surface area contributed by atoms with Crippen LogP contribution in [0.2, 0.25) is 0 Å². The summed E-state index contributed by atoms with van der Waals surface area (Å²) in [5, 5.41) is 2.83. The number of rotatable bonds is 6. The van der Waals surface area contributed by atoms with E-state index in [1.54, 1.807) is 12.3 Å². The number of hydrogen-bond donors (Lipinski definition) is 1. The number of likely N-dealkylation sites (N-methyl/N-ethyl adjacent to an activating group) is 1. The fourth-order valence-corrected chi connectivity index (χ4v) is 3.04. The first-order chi connectivity index (χ1) is 12.7. The van der Waals surface area contributed by atoms with Gasteiger partial charge >= 0.3 is 0 Å². The number of hydrogen-bond acceptors (Lipinski definition) is 5. The quantitative estimate of drug-likeness (QED) is 0.809. The lowest BCUT2D eigenvalue weighted by Crippen LogP contribution is -2.47. The third-order valence-electron chi connectivity index (χ3n) is 4.57. The van der Waals surface area contributed by atoms with Crippen LogP contribution in [-0.4, -0.2) is 60.0 Å². The van der Waals surface area contributed by atoms with E-state index in [0.29, 0.717) is 23.8 Å². The minimum atomic E-state index is -0.169. The Morgan fingerprint density at radius 2 is 1.96 bits per heavy atom. The molecule has 1 N–H and O–H groups in total. The standard InChI is InChI=1S/C20H25N5O/c1-3-10-21-20(26)17-15-22-18(16-8-6-5-7-9-16)23-19(17)25-13-11-24(4-2)12-14-25/h3,5-9,15H,1,4,10-14H2,2H3,(H,21,26). The van der Waals surface area contributed by atoms with Gasteiger partial charge in [0.2, 0.25) is 0 Å². The number of nitrogens with one attached hydrogen (secondary N) is 1. The molecule has 1 amide bonds. The van der Waals surface area contributed by atoms with Crippen molar-refractivity contribution in [1.82, 2.24) is 20.2 Å². The Morgan fingerprint density at radius 1 is 1.23 bits per heavy atom. The van der Waals surface area contributed by atoms with Crippen LogP contribution in [0.4, 0.5) is 5.82 Å². The summed E-state index contributed by atoms with van der Waals surface area (Å²) < 4.78 is 0. The van der Waals surface area contributed by atoms with Gasteiger partial charge in [-0.3, -0.25) is 4.79 Å². The number of nitrogens with zero attached hydrogens (tertiary/aromatic N) is 4. The largest absolute Gasteiger partial charge is 0.353 e. The van der Waals surface area contributed by atoms with Crippen molar-refractivity contribution in [3.8, 4) is 11.4 Å². The number of benzene rings is 1. The van der Waals surface area contributed by atoms with Crippen molar-refractivity contribution in [3.05, 3.63) is 54.7 Å². The molecule has 0 spiro atoms. The van der Waals surface area contributed by atoms with Gasteiger partial charge in [-0.1, -0.05) is 43.3 Å². The third kappa shape index (κ3) is 4.08. The molecule has 2 heterocycles. The van der Waals surface area contributed by atoms with E-state index >= 15 is 0 Å². The molecule has 0 aliphatic carbocycles. The molecule has 0 unspecified atom stereocenters. The van der Waals surface area contributed by atoms with Crippen LogP contribution < -0.4 is 10.2 Å². The molecule has 1 saturated heterocycles. The molecular formula is C20H25N5O. The van der Waals surface area contributed by atoms with E-state index in [1.807, 2.05) is 30.3 Å². The summed E-state index contributed by atoms with van der Waals surface area (Å²) in [5.41, 5.74) is 1.45. The maximum atomic E-state index is 12.6. The molecule has 0 atom stereocenters. The van der Waals surface area contributed by atoms with E-state index < -0.39 is 0 Å². The molecule has 1 aliphatic heterocycles. The zero-order valence-corrected chi connectivity index (χ0v) is 15.2. The van der Waals surface area contributed by atoms with Gasteiger partial charge in [0.25, 0.3) is 5.91 Å². The van der Waals surface area contributed by atoms with Crippen molar-refractivity contribution in [2.24, 2.45) is 0 Å². The number of amides is 1. The molecule has 136 valence electrons. The van der Waals surface area contributed by atoms with Crippen LogP contribution in [0, 0.1) is 0 Å². The Bertz CT molecular complexity index is 754. The lowest BCUT2D eigenvalue weighted by molar-refractivity contribution is 0.0957. The molecule has 3 rings (SSSR count). The van der Waals surface area contributed by atoms with Crippen LogP contribution in [0.25, 0.3) is 11.4 Å². The SMILES string of the molecule is C=CCNC(=O)c1cnc(-c2ccccc2)nc1N1CCN(CC)CC1. The van der Waals surface area contributed by atoms with E-state index in [1.165, 1.54) is 0 Å². The first-order valence-electron chi connectivity index (χ1n) is 9.01. The molecule has 26 heavy (non-hydrogen) atoms. The highest BCUT2D eigenvalue weighted by Crippen LogP contribution is 2.23. The topological polar surface area (TPSA) is 61.4 Å². The molecule has 6 nitrogen and oxygen atoms in total. The van der Waals surface area contributed by atoms with E-state index in [0.717, 1.165) is 38.3 Å². The summed E-state index contributed by atoms with van der Waals surface area (Å²) in [6, 6.07) is 9.84. The van der Waals surface area contributed by atoms with Gasteiger partial charge in [-0.25, -0.2) is 9.97 Å². The van der Waals surface area contributed by atoms with E-state index in [4.69, 9.17) is 4.98 Å². The van der Waals surface area contributed by atoms with Crippen LogP contribution in [0.3, 0.4) is 0 Å². The van der Waals surface area contributed by atoms with Crippen LogP contribution in [0.5, 0.6) is 0 Å². The third-order valence-corrected chi connectivity index (χ3v) is 4.57. The van der Waals surface area contributed by atoms with Gasteiger partial charge in [0.15, 0.2) is 5.82 Å². The van der Waals surface area contributed by atoms with Crippen molar-refractivity contribution in [2.75, 3.05) is 44.2 Å². The molecular weight excluding hydrogens is 326 g/mol. The lowest BCUT2D eigenvalue weighted by atomic mass is 10.2. The molecule has 1 fully saturated rings. The van der Waals surface area contributed by atoms with Gasteiger partial charge in [0.05, 0.1) is 0 Å². The number of carbonyl (C=O) groups is 1. The zero-order chi connectivity index (χ0) is 18.4. The summed E-state index contributed by atoms with van der Waals surface area (Å²) in [4.78, 5) is 26.3. The van der Waals surface area contributed by atoms with Crippen LogP contribution >= 0.6 is 0 Å². The summed E-state index contributed by atoms with van der Waals surface area (Å²) in [6.07, 6.45) is 3.30. The van der Waals surface area contributed by atoms with Crippen LogP contribution in [0.1, 0.15) is 17.3 Å². The van der Waals surface area contributed by atoms with Gasteiger partial charge in [0.1, 0.15) is 11.4 Å². The summed E-state index contributed by atoms with van der Waals surface area (Å²) in [7, 11) is 0. The molecule has 1 aromatic carbocycles. The van der Waals surface area contributed by atoms with Gasteiger partial charge < -0.3 is 15.1 Å². The van der Waals surface area contributed by atoms with Crippen molar-refractivity contribution in [2.45, 2.75) is 6.92 Å². The normalized spacial score (nSPS) is 14.9. The Labute approximate surface area is 154 Å². The van der Waals surface area contributed by atoms with Crippen LogP contribution in [0.15, 0.2) is 49.2 Å². The van der Waals surface area contributed by atoms with Crippen molar-refractivity contribution in [1.29, 1.82) is 0 Å². The molecule has 0 radical (unpaired) electrons. The first-order valence-corrected chi connectivity index (χ1v) is 9.01. The van der Waals surface area contributed by atoms with Crippen molar-refractivity contribution >= 4 is 11.7 Å². The number of anilines is 1. The van der Waals surface area contributed by atoms with Gasteiger partial charge in [-0.15, -0.1) is 6.58 Å². The summed E-state index contributed by atoms with van der Waals surface area (Å²) >= 11 is 0. The van der Waals surface area contributed by atoms with Gasteiger partial charge in [-0.05, 0) is 6.54 Å². The fourth-order valence-electron chi connectivity index (χ4n) is 3.04. The summed E-state index contributed by atoms with van der Waals surface area (Å²) in [5.74, 6) is 1.17. The van der Waals surface area contributed by atoms with E-state index in [2.05, 4.69) is 33.6 Å². The Hall–Kier alpha value is -2.73. The molecule has 1 aromatic heterocycles. The number of aromatic nitrogens is 2. The zero-order valence-electron chi connectivity index (χ0n) is 15.2. The highest BCUT2D eigenvalue weighted by atomic mass is 16.1. The maximum absolute atomic E-state index is 12.6. The molecule has 6 heteroatoms. The minimum Gasteiger partial charge on any atom is -0.353 e. The Kier molecular flexibility index (Phi) is 5.96. The molecule has 0 saturated carbocycles. The smallest absolute Gasteiger partial charge is 0.256 e. The predicted molar refractivity (Wildman–Crippen MR) is 104 cm³/mol. The first kappa shape index (κ1) is 18.1. The lowest BCUT2D eigenvalue weighted by Gasteiger charge is -2.35. The fraction of sp³-hybridized carbons (Fsp3) is 0.350. The highest BCUT2D eigenvalue weighted by molar-refractivity contribution is 5.99. The van der Waals surface area contributed by atoms with Gasteiger partial charge in [0, 0.05) is 44.5 Å². The number of piperazine rings is 1. The average Bonchev–Trinajstić information content (AvgIpc) is 2.72. The van der Waals surface area contributed by atoms with Gasteiger partial charge in [-0.2, -0.15) is 0 Å². The van der Waals surface area contributed by atoms with Crippen LogP contribution in [-0.2, 0) is 0 Å². The van der Waals surface area contributed by atoms with Crippen molar-refractivity contribution < 1.29 is 4.79 Å². The second-order valence-corrected chi connectivity index (χ2v) is 6.22. The second-order valence-electron chi connectivity index (χ2n) is 6.22. The predicted octanol–water partition coefficient (Wildman–Crippen LogP) is 2.20. The highest BCUT2D eigenvalue weighted by Gasteiger charge is 2.23. The monoisotopic (exact) mass is 351 g/mol. The minimum absolute atomic E-state index is 0.169. The molecule has 0 bridgehead atoms. The average molecular weight is 351 g/mol. The Morgan fingerprint density at radius 3 is 2.62 bits per heavy atom. The Balaban J connectivity index is 1.94. The molecule has 2 aromatic rings. The number of carbonyl (C=O) groups excluding carboxylic acids is 1. The van der Waals surface area contributed by atoms with E-state index in [9.17, 15) is 4.79 Å². The molecule has 1 aliphatic rings. The van der Waals surface area contributed by atoms with Crippen molar-refractivity contribution in [3.63, 3.8) is 0 Å². The summed E-state index contributed by atoms with van der Waals surface area (Å²) in [6.45, 7) is 10.9.